The molecule has 0 bridgehead atoms. The van der Waals surface area contributed by atoms with Crippen LogP contribution < -0.4 is 71.5 Å². The average Bonchev–Trinajstić information content (AvgIpc) is 1.60. The van der Waals surface area contributed by atoms with Gasteiger partial charge in [-0.1, -0.05) is 12.1 Å². The minimum absolute atomic E-state index is 0.00732. The normalized spacial score (nSPS) is 30.5. The molecule has 0 aliphatic carbocycles. The van der Waals surface area contributed by atoms with Crippen LogP contribution in [0.3, 0.4) is 0 Å². The summed E-state index contributed by atoms with van der Waals surface area (Å²) in [4.78, 5) is 167. The minimum Gasteiger partial charge on any atom is -0.497 e. The van der Waals surface area contributed by atoms with Crippen LogP contribution in [0.25, 0.3) is 22.3 Å². The Hall–Kier alpha value is -10.1. The van der Waals surface area contributed by atoms with Crippen LogP contribution in [0.5, 0.6) is 5.75 Å². The predicted molar refractivity (Wildman–Crippen MR) is 446 cm³/mol. The van der Waals surface area contributed by atoms with Gasteiger partial charge in [0.25, 0.3) is 0 Å². The molecule has 9 aromatic rings. The van der Waals surface area contributed by atoms with Crippen LogP contribution in [0.1, 0.15) is 49.4 Å². The summed E-state index contributed by atoms with van der Waals surface area (Å²) in [6.45, 7) is -7.00. The second-order valence-corrected chi connectivity index (χ2v) is 38.1. The third-order valence-electron chi connectivity index (χ3n) is 21.8. The molecule has 29 atom stereocenters. The monoisotopic (exact) mass is 2000 g/mol. The molecule has 24 N–H and O–H groups in total. The van der Waals surface area contributed by atoms with Gasteiger partial charge in [0.2, 0.25) is 5.91 Å². The number of nitrogens with zero attached hydrogens (tertiary/aromatic N) is 17. The number of nitrogen functional groups attached to an aromatic ring is 5. The van der Waals surface area contributed by atoms with Crippen molar-refractivity contribution < 1.29 is 162 Å². The Balaban J connectivity index is 0.683. The number of hydrogen-bond acceptors (Lipinski definition) is 49. The van der Waals surface area contributed by atoms with Crippen LogP contribution in [0.4, 0.5) is 34.9 Å². The van der Waals surface area contributed by atoms with Crippen LogP contribution in [-0.4, -0.2) is 314 Å². The van der Waals surface area contributed by atoms with Gasteiger partial charge in [0.15, 0.2) is 59.6 Å². The number of anilines is 6. The van der Waals surface area contributed by atoms with Crippen molar-refractivity contribution >= 4 is 102 Å². The maximum atomic E-state index is 15.5. The number of nitrogens with one attached hydrogen (secondary N) is 2. The van der Waals surface area contributed by atoms with E-state index in [9.17, 15) is 97.7 Å². The molecular formula is C68H89N24O38P5. The van der Waals surface area contributed by atoms with Crippen molar-refractivity contribution in [3.8, 4) is 5.75 Å². The minimum atomic E-state index is -5.88. The summed E-state index contributed by atoms with van der Waals surface area (Å²) in [6, 6.07) is 6.31. The number of nitrogens with two attached hydrogens (primary N) is 5. The topological polar surface area (TPSA) is 877 Å². The molecule has 8 aromatic heterocycles. The number of carbonyl (C=O) groups excluding carboxylic acids is 1. The van der Waals surface area contributed by atoms with Crippen molar-refractivity contribution in [3.63, 3.8) is 0 Å². The number of amides is 1. The third-order valence-corrected chi connectivity index (χ3v) is 27.0. The van der Waals surface area contributed by atoms with Crippen molar-refractivity contribution in [2.45, 2.75) is 160 Å². The van der Waals surface area contributed by atoms with E-state index in [0.717, 1.165) is 77.2 Å². The number of aromatic nitrogens is 16. The molecule has 1 amide bonds. The van der Waals surface area contributed by atoms with Crippen LogP contribution in [0.2, 0.25) is 0 Å². The largest absolute Gasteiger partial charge is 0.497 e. The Morgan fingerprint density at radius 3 is 1.27 bits per heavy atom. The van der Waals surface area contributed by atoms with E-state index in [0.29, 0.717) is 9.13 Å². The highest BCUT2D eigenvalue weighted by Crippen LogP contribution is 2.56. The van der Waals surface area contributed by atoms with Gasteiger partial charge >= 0.3 is 61.8 Å². The molecule has 0 radical (unpaired) electrons. The lowest BCUT2D eigenvalue weighted by molar-refractivity contribution is -0.124. The van der Waals surface area contributed by atoms with Crippen molar-refractivity contribution in [2.24, 2.45) is 0 Å². The van der Waals surface area contributed by atoms with E-state index in [2.05, 4.69) is 60.2 Å². The number of rotatable bonds is 38. The van der Waals surface area contributed by atoms with Gasteiger partial charge in [-0.05, 0) is 48.4 Å². The molecule has 135 heavy (non-hydrogen) atoms. The first-order valence-corrected chi connectivity index (χ1v) is 47.5. The highest BCUT2D eigenvalue weighted by atomic mass is 31.2. The number of fused-ring (bicyclic) bond motifs is 2. The second kappa shape index (κ2) is 40.2. The first-order chi connectivity index (χ1) is 63.9. The summed E-state index contributed by atoms with van der Waals surface area (Å²) in [5.74, 6) is -1.99. The van der Waals surface area contributed by atoms with Crippen molar-refractivity contribution in [1.82, 2.24) is 87.6 Å². The Morgan fingerprint density at radius 2 is 0.852 bits per heavy atom. The zero-order chi connectivity index (χ0) is 97.0. The summed E-state index contributed by atoms with van der Waals surface area (Å²) in [6.07, 6.45) is -35.1. The van der Waals surface area contributed by atoms with Gasteiger partial charge in [0.05, 0.1) is 65.4 Å². The van der Waals surface area contributed by atoms with Crippen molar-refractivity contribution in [3.05, 3.63) is 146 Å². The molecular weight excluding hydrogens is 1920 g/mol. The first-order valence-electron chi connectivity index (χ1n) is 40.0. The Bertz CT molecular complexity index is 6330. The number of phosphoric ester groups is 4. The van der Waals surface area contributed by atoms with Gasteiger partial charge in [-0.15, -0.1) is 0 Å². The fourth-order valence-corrected chi connectivity index (χ4v) is 20.6. The maximum Gasteiger partial charge on any atom is 0.472 e. The molecule has 6 aliphatic rings. The van der Waals surface area contributed by atoms with Crippen LogP contribution in [0, 0.1) is 0 Å². The number of aliphatic hydroxyl groups is 7. The molecule has 1 aromatic carbocycles. The molecule has 67 heteroatoms. The molecule has 62 nitrogen and oxygen atoms in total. The summed E-state index contributed by atoms with van der Waals surface area (Å²) in [5, 5.41) is 84.2. The molecule has 0 spiro atoms. The van der Waals surface area contributed by atoms with Crippen LogP contribution in [0.15, 0.2) is 118 Å². The lowest BCUT2D eigenvalue weighted by Crippen LogP contribution is -2.54. The standard InChI is InChI=1S/C68H89N24O38P5/c1-86(2)56-45-58(77-25-75-56)92(27-79-45)60-46(95)43(35(123-60)21-117-133(109,110)130-54-37(125-64(50(54)99)90-15-11-41(72)83-68(90)104)23-119-135(113,114)128-52-33(19-94)122-62(48(52)97)88-13-9-39(70)81-66(88)102)84-59(100)30(16-28-4-6-29(115-3)7-5-28)85-131(105,106)126-31-17-42(91-26-78-44-55(73)74-24-76-57(44)91)120-34(31)20-116-132(107,108)129-53-36(124-63(49(53)98)89-14-10-40(71)82-67(89)103)22-118-134(111,112)127-51-32(18-93)121-61(47(51)96)87-12-8-38(69)80-65(87)101/h4-15,24-27,30-37,42-43,46-54,60-64,93-99H,16-23H2,1-3H3,(H,84,100)(H,107,108)(H,109,110)(H,111,112)(H,113,114)(H2,69,80,101)(H2,70,81,102)(H2,71,82,103)(H2,72,83,104)(H2,73,74,76)(H2,85,105,106)/t30-,31-,32+,33+,34+,35+,36+,37+,42+,43+,46+,47+,48+,49+,50+,51+,52+,53+,54+,60+,61+,62+,63+,64+/m0/s1. The van der Waals surface area contributed by atoms with E-state index in [4.69, 9.17) is 103 Å². The van der Waals surface area contributed by atoms with Gasteiger partial charge in [0.1, 0.15) is 157 Å². The quantitative estimate of drug-likeness (QED) is 0.0160. The number of ether oxygens (including phenoxy) is 7. The highest BCUT2D eigenvalue weighted by molar-refractivity contribution is 7.50. The zero-order valence-electron chi connectivity index (χ0n) is 70.0. The van der Waals surface area contributed by atoms with Gasteiger partial charge in [-0.2, -0.15) is 19.9 Å². The van der Waals surface area contributed by atoms with Gasteiger partial charge in [0, 0.05) is 45.3 Å². The molecule has 5 unspecified atom stereocenters. The van der Waals surface area contributed by atoms with E-state index < -0.39 is 267 Å². The van der Waals surface area contributed by atoms with Crippen LogP contribution >= 0.6 is 39.0 Å². The lowest BCUT2D eigenvalue weighted by atomic mass is 10.0. The number of aliphatic hydroxyl groups excluding tert-OH is 7. The van der Waals surface area contributed by atoms with Gasteiger partial charge in [-0.25, -0.2) is 77.0 Å². The SMILES string of the molecule is COc1ccc(C[C@H](NP(=O)(O)O[C@H]2C[C@H](n3cnc4c(N)ncnc43)O[C@@H]2COP(=O)(O)O[C@H]2[C@@H](O)[C@H](n3ccc(N)nc3=O)O[C@@H]2COP(=O)(O)O[C@H]2[C@@H](O)[C@H](n3ccc(N)nc3=O)O[C@@H]2CO)C(=O)N[C@H]2[C@@H](O)[C@H](n3cnc4c(N(C)C)ncnc43)O[C@@H]2COP(=O)(O)O[C@H]2[C@@H](O)[C@H](n3ccc(N)nc3=O)O[C@@H]2COP(=O)(O)O[C@H]2[C@@H](O)[C@H](n3ccc(N)nc3=O)O[C@@H]2CO)cc1. The smallest absolute Gasteiger partial charge is 0.472 e. The number of carbonyl (C=O) groups is 1. The number of methoxy groups -OCH3 is 1. The second-order valence-electron chi connectivity index (χ2n) is 30.9. The Kier molecular flexibility index (Phi) is 29.6. The molecule has 15 rings (SSSR count). The summed E-state index contributed by atoms with van der Waals surface area (Å²) < 4.78 is 167. The van der Waals surface area contributed by atoms with E-state index in [1.165, 1.54) is 46.8 Å². The number of hydrogen-bond donors (Lipinski definition) is 19. The van der Waals surface area contributed by atoms with E-state index in [1.807, 2.05) is 0 Å². The van der Waals surface area contributed by atoms with E-state index in [-0.39, 0.29) is 68.5 Å². The van der Waals surface area contributed by atoms with Crippen molar-refractivity contribution in [2.75, 3.05) is 94.4 Å². The first kappa shape index (κ1) is 99.4. The van der Waals surface area contributed by atoms with Gasteiger partial charge < -0.3 is 132 Å². The molecule has 6 fully saturated rings. The van der Waals surface area contributed by atoms with Crippen molar-refractivity contribution in [1.29, 1.82) is 0 Å². The van der Waals surface area contributed by atoms with E-state index >= 15 is 9.36 Å². The fourth-order valence-electron chi connectivity index (χ4n) is 15.5. The molecule has 14 heterocycles. The summed E-state index contributed by atoms with van der Waals surface area (Å²) in [5.41, 5.74) is 24.6. The number of phosphoric acid groups is 4. The maximum absolute atomic E-state index is 15.5. The molecule has 734 valence electrons. The number of benzene rings is 1. The number of imidazole rings is 2. The van der Waals surface area contributed by atoms with Gasteiger partial charge in [-0.3, -0.25) is 72.9 Å². The van der Waals surface area contributed by atoms with Crippen LogP contribution in [-0.2, 0) is 103 Å². The summed E-state index contributed by atoms with van der Waals surface area (Å²) in [7, 11) is -24.1. The lowest BCUT2D eigenvalue weighted by Gasteiger charge is -2.28. The summed E-state index contributed by atoms with van der Waals surface area (Å²) >= 11 is 0. The molecule has 6 saturated heterocycles. The predicted octanol–water partition coefficient (Wildman–Crippen LogP) is -6.58. The Morgan fingerprint density at radius 1 is 0.474 bits per heavy atom. The molecule has 0 saturated carbocycles. The third kappa shape index (κ3) is 21.9. The average molecular weight is 2010 g/mol. The zero-order valence-corrected chi connectivity index (χ0v) is 74.4. The Labute approximate surface area is 754 Å². The molecule has 6 aliphatic heterocycles. The fraction of sp³-hybridized carbons (Fsp3) is 0.515. The highest BCUT2D eigenvalue weighted by Gasteiger charge is 2.57. The van der Waals surface area contributed by atoms with E-state index in [1.54, 1.807) is 19.0 Å².